The molecule has 0 saturated carbocycles. The van der Waals surface area contributed by atoms with Crippen LogP contribution in [-0.2, 0) is 26.1 Å². The molecule has 3 N–H and O–H groups in total. The molecule has 4 aromatic carbocycles. The first-order valence-electron chi connectivity index (χ1n) is 16.3. The van der Waals surface area contributed by atoms with Crippen molar-refractivity contribution in [3.63, 3.8) is 0 Å². The number of hydrogen-bond donors (Lipinski definition) is 2. The van der Waals surface area contributed by atoms with Crippen LogP contribution in [0.1, 0.15) is 72.3 Å². The van der Waals surface area contributed by atoms with Crippen LogP contribution in [0, 0.1) is 10.1 Å². The quantitative estimate of drug-likeness (QED) is 0.0658. The van der Waals surface area contributed by atoms with Gasteiger partial charge in [-0.05, 0) is 79.4 Å². The first-order chi connectivity index (χ1) is 22.1. The number of rotatable bonds is 17. The minimum atomic E-state index is -0.361. The average molecular weight is 681 g/mol. The van der Waals surface area contributed by atoms with Gasteiger partial charge in [-0.3, -0.25) is 10.1 Å². The van der Waals surface area contributed by atoms with Gasteiger partial charge in [0.25, 0.3) is 5.69 Å². The molecule has 4 aromatic rings. The Bertz CT molecular complexity index is 1490. The Kier molecular flexibility index (Phi) is 16.0. The van der Waals surface area contributed by atoms with Crippen molar-refractivity contribution in [1.82, 2.24) is 5.32 Å². The SMILES string of the molecule is Cl.Cl.NC1CCc2c(ccc(OCc3ccccc3)c2OCc2ccccc2)C1CCCCCCNCCc1ccc([N+](=O)[O-])cc1. The minimum Gasteiger partial charge on any atom is -0.485 e. The van der Waals surface area contributed by atoms with Crippen LogP contribution in [0.25, 0.3) is 0 Å². The van der Waals surface area contributed by atoms with E-state index >= 15 is 0 Å². The topological polar surface area (TPSA) is 99.7 Å². The molecule has 252 valence electrons. The van der Waals surface area contributed by atoms with E-state index in [9.17, 15) is 10.1 Å². The second kappa shape index (κ2) is 19.9. The van der Waals surface area contributed by atoms with Crippen molar-refractivity contribution < 1.29 is 14.4 Å². The number of nitro groups is 1. The van der Waals surface area contributed by atoms with Crippen molar-refractivity contribution in [2.75, 3.05) is 13.1 Å². The lowest BCUT2D eigenvalue weighted by molar-refractivity contribution is -0.384. The van der Waals surface area contributed by atoms with Crippen LogP contribution < -0.4 is 20.5 Å². The van der Waals surface area contributed by atoms with Crippen molar-refractivity contribution in [3.8, 4) is 11.5 Å². The number of nitrogens with two attached hydrogens (primary N) is 1. The van der Waals surface area contributed by atoms with E-state index in [0.717, 1.165) is 79.8 Å². The highest BCUT2D eigenvalue weighted by Crippen LogP contribution is 2.44. The highest BCUT2D eigenvalue weighted by Gasteiger charge is 2.30. The van der Waals surface area contributed by atoms with Crippen LogP contribution in [-0.4, -0.2) is 24.1 Å². The van der Waals surface area contributed by atoms with Crippen molar-refractivity contribution >= 4 is 30.5 Å². The number of benzene rings is 4. The summed E-state index contributed by atoms with van der Waals surface area (Å²) < 4.78 is 12.9. The summed E-state index contributed by atoms with van der Waals surface area (Å²) >= 11 is 0. The zero-order valence-corrected chi connectivity index (χ0v) is 28.5. The number of nitrogens with zero attached hydrogens (tertiary/aromatic N) is 1. The Balaban J connectivity index is 0.00000300. The number of ether oxygens (including phenoxy) is 2. The Hall–Kier alpha value is -3.62. The molecular formula is C38H47Cl2N3O4. The lowest BCUT2D eigenvalue weighted by Crippen LogP contribution is -2.33. The molecule has 0 radical (unpaired) electrons. The Labute approximate surface area is 291 Å². The molecular weight excluding hydrogens is 633 g/mol. The number of unbranched alkanes of at least 4 members (excludes halogenated alkanes) is 3. The van der Waals surface area contributed by atoms with Crippen molar-refractivity contribution in [2.24, 2.45) is 5.73 Å². The third-order valence-electron chi connectivity index (χ3n) is 8.72. The fourth-order valence-electron chi connectivity index (χ4n) is 6.19. The van der Waals surface area contributed by atoms with E-state index in [1.54, 1.807) is 12.1 Å². The molecule has 0 bridgehead atoms. The summed E-state index contributed by atoms with van der Waals surface area (Å²) in [5, 5.41) is 14.3. The Morgan fingerprint density at radius 2 is 1.38 bits per heavy atom. The molecule has 5 rings (SSSR count). The van der Waals surface area contributed by atoms with Crippen LogP contribution >= 0.6 is 24.8 Å². The number of fused-ring (bicyclic) bond motifs is 1. The summed E-state index contributed by atoms with van der Waals surface area (Å²) in [6, 6.07) is 31.8. The summed E-state index contributed by atoms with van der Waals surface area (Å²) in [5.41, 5.74) is 12.8. The standard InChI is InChI=1S/C38H45N3O4.2ClH/c39-36-22-20-35-33(34(36)15-9-1-2-10-25-40-26-24-29-16-18-32(19-17-29)41(42)43)21-23-37(44-27-30-11-5-3-6-12-30)38(35)45-28-31-13-7-4-8-14-31;;/h3-8,11-14,16-19,21,23,34,36,40H,1-2,9-10,15,20,22,24-28,39H2;2*1H. The Morgan fingerprint density at radius 1 is 0.745 bits per heavy atom. The van der Waals surface area contributed by atoms with Gasteiger partial charge in [-0.1, -0.05) is 98.1 Å². The van der Waals surface area contributed by atoms with Gasteiger partial charge in [-0.2, -0.15) is 0 Å². The van der Waals surface area contributed by atoms with Gasteiger partial charge in [0.2, 0.25) is 0 Å². The highest BCUT2D eigenvalue weighted by atomic mass is 35.5. The molecule has 0 aliphatic heterocycles. The lowest BCUT2D eigenvalue weighted by atomic mass is 9.76. The highest BCUT2D eigenvalue weighted by molar-refractivity contribution is 5.85. The lowest BCUT2D eigenvalue weighted by Gasteiger charge is -2.33. The third-order valence-corrected chi connectivity index (χ3v) is 8.72. The van der Waals surface area contributed by atoms with Crippen LogP contribution in [0.15, 0.2) is 97.1 Å². The molecule has 2 atom stereocenters. The van der Waals surface area contributed by atoms with Gasteiger partial charge in [-0.25, -0.2) is 0 Å². The molecule has 0 aromatic heterocycles. The molecule has 0 spiro atoms. The zero-order chi connectivity index (χ0) is 31.3. The molecule has 0 amide bonds. The fraction of sp³-hybridized carbons (Fsp3) is 0.368. The van der Waals surface area contributed by atoms with Crippen LogP contribution in [0.3, 0.4) is 0 Å². The van der Waals surface area contributed by atoms with E-state index in [1.807, 2.05) is 48.5 Å². The molecule has 1 aliphatic carbocycles. The number of non-ortho nitro benzene ring substituents is 1. The van der Waals surface area contributed by atoms with E-state index in [4.69, 9.17) is 15.2 Å². The first kappa shape index (κ1) is 37.8. The molecule has 9 heteroatoms. The van der Waals surface area contributed by atoms with E-state index in [-0.39, 0.29) is 41.5 Å². The average Bonchev–Trinajstić information content (AvgIpc) is 3.07. The summed E-state index contributed by atoms with van der Waals surface area (Å²) in [5.74, 6) is 1.98. The fourth-order valence-corrected chi connectivity index (χ4v) is 6.19. The predicted molar refractivity (Wildman–Crippen MR) is 194 cm³/mol. The summed E-state index contributed by atoms with van der Waals surface area (Å²) in [7, 11) is 0. The number of nitro benzene ring substituents is 1. The largest absolute Gasteiger partial charge is 0.485 e. The van der Waals surface area contributed by atoms with Crippen molar-refractivity contribution in [3.05, 3.63) is 135 Å². The molecule has 2 unspecified atom stereocenters. The predicted octanol–water partition coefficient (Wildman–Crippen LogP) is 8.74. The van der Waals surface area contributed by atoms with Gasteiger partial charge >= 0.3 is 0 Å². The van der Waals surface area contributed by atoms with Crippen LogP contribution in [0.2, 0.25) is 0 Å². The van der Waals surface area contributed by atoms with Gasteiger partial charge in [-0.15, -0.1) is 24.8 Å². The van der Waals surface area contributed by atoms with Crippen molar-refractivity contribution in [2.45, 2.75) is 76.5 Å². The van der Waals surface area contributed by atoms with Crippen LogP contribution in [0.5, 0.6) is 11.5 Å². The van der Waals surface area contributed by atoms with Gasteiger partial charge in [0.15, 0.2) is 11.5 Å². The zero-order valence-electron chi connectivity index (χ0n) is 26.9. The summed E-state index contributed by atoms with van der Waals surface area (Å²) in [6.07, 6.45) is 8.41. The van der Waals surface area contributed by atoms with Gasteiger partial charge in [0.05, 0.1) is 4.92 Å². The maximum absolute atomic E-state index is 10.8. The molecule has 0 saturated heterocycles. The number of nitrogens with one attached hydrogen (secondary N) is 1. The number of halogens is 2. The molecule has 47 heavy (non-hydrogen) atoms. The van der Waals surface area contributed by atoms with Gasteiger partial charge in [0, 0.05) is 23.7 Å². The maximum atomic E-state index is 10.8. The normalized spacial score (nSPS) is 15.1. The second-order valence-electron chi connectivity index (χ2n) is 11.9. The molecule has 1 aliphatic rings. The van der Waals surface area contributed by atoms with E-state index in [0.29, 0.717) is 19.1 Å². The van der Waals surface area contributed by atoms with E-state index < -0.39 is 0 Å². The summed E-state index contributed by atoms with van der Waals surface area (Å²) in [4.78, 5) is 10.5. The minimum absolute atomic E-state index is 0. The second-order valence-corrected chi connectivity index (χ2v) is 11.9. The maximum Gasteiger partial charge on any atom is 0.269 e. The smallest absolute Gasteiger partial charge is 0.269 e. The van der Waals surface area contributed by atoms with E-state index in [2.05, 4.69) is 41.7 Å². The molecule has 0 fully saturated rings. The Morgan fingerprint density at radius 3 is 2.04 bits per heavy atom. The third kappa shape index (κ3) is 11.2. The first-order valence-corrected chi connectivity index (χ1v) is 16.3. The van der Waals surface area contributed by atoms with Crippen molar-refractivity contribution in [1.29, 1.82) is 0 Å². The monoisotopic (exact) mass is 679 g/mol. The van der Waals surface area contributed by atoms with Gasteiger partial charge < -0.3 is 20.5 Å². The van der Waals surface area contributed by atoms with Crippen LogP contribution in [0.4, 0.5) is 5.69 Å². The number of hydrogen-bond acceptors (Lipinski definition) is 6. The van der Waals surface area contributed by atoms with Gasteiger partial charge in [0.1, 0.15) is 13.2 Å². The molecule has 0 heterocycles. The van der Waals surface area contributed by atoms with E-state index in [1.165, 1.54) is 24.0 Å². The molecule has 7 nitrogen and oxygen atoms in total. The summed E-state index contributed by atoms with van der Waals surface area (Å²) in [6.45, 7) is 2.84.